The van der Waals surface area contributed by atoms with Crippen molar-refractivity contribution in [1.29, 1.82) is 0 Å². The number of nitrogens with one attached hydrogen (secondary N) is 1. The molecule has 0 radical (unpaired) electrons. The molecule has 1 aromatic heterocycles. The first-order valence-electron chi connectivity index (χ1n) is 7.52. The van der Waals surface area contributed by atoms with Crippen molar-refractivity contribution in [3.63, 3.8) is 0 Å². The summed E-state index contributed by atoms with van der Waals surface area (Å²) in [5.41, 5.74) is 0.865. The summed E-state index contributed by atoms with van der Waals surface area (Å²) >= 11 is 0. The molecular formula is C15H22N4O3. The van der Waals surface area contributed by atoms with Crippen LogP contribution in [-0.4, -0.2) is 62.7 Å². The average Bonchev–Trinajstić information content (AvgIpc) is 3.03. The molecule has 2 aliphatic rings. The number of amides is 1. The number of carbonyl (C=O) groups is 1. The number of rotatable bonds is 5. The minimum absolute atomic E-state index is 0.0457. The van der Waals surface area contributed by atoms with Crippen molar-refractivity contribution in [1.82, 2.24) is 15.5 Å². The van der Waals surface area contributed by atoms with Gasteiger partial charge in [-0.2, -0.15) is 5.10 Å². The molecule has 2 fully saturated rings. The van der Waals surface area contributed by atoms with Crippen LogP contribution in [0.4, 0.5) is 5.82 Å². The minimum Gasteiger partial charge on any atom is -0.380 e. The maximum Gasteiger partial charge on any atom is 0.246 e. The standard InChI is InChI=1S/C15H22N4O3/c1-11-3-4-13(18-17-11)19-5-12-6-22-10-15(12,9-19)8-16-14(20)7-21-2/h3-4,12H,5-10H2,1-2H3,(H,16,20)/t12-,15+/m1/s1. The Hall–Kier alpha value is -1.73. The lowest BCUT2D eigenvalue weighted by atomic mass is 9.81. The van der Waals surface area contributed by atoms with Crippen molar-refractivity contribution in [3.05, 3.63) is 17.8 Å². The third-order valence-corrected chi connectivity index (χ3v) is 4.54. The molecule has 2 saturated heterocycles. The number of nitrogens with zero attached hydrogens (tertiary/aromatic N) is 3. The first kappa shape index (κ1) is 15.2. The van der Waals surface area contributed by atoms with Crippen LogP contribution in [0.5, 0.6) is 0 Å². The fourth-order valence-corrected chi connectivity index (χ4v) is 3.27. The molecule has 22 heavy (non-hydrogen) atoms. The predicted molar refractivity (Wildman–Crippen MR) is 80.6 cm³/mol. The van der Waals surface area contributed by atoms with Gasteiger partial charge in [-0.3, -0.25) is 4.79 Å². The first-order valence-corrected chi connectivity index (χ1v) is 7.52. The van der Waals surface area contributed by atoms with Gasteiger partial charge in [-0.25, -0.2) is 0 Å². The van der Waals surface area contributed by atoms with Gasteiger partial charge in [-0.15, -0.1) is 5.10 Å². The van der Waals surface area contributed by atoms with Crippen LogP contribution >= 0.6 is 0 Å². The van der Waals surface area contributed by atoms with Gasteiger partial charge in [0.05, 0.1) is 18.9 Å². The predicted octanol–water partition coefficient (Wildman–Crippen LogP) is 0.000420. The van der Waals surface area contributed by atoms with E-state index in [2.05, 4.69) is 20.4 Å². The first-order chi connectivity index (χ1) is 10.6. The van der Waals surface area contributed by atoms with E-state index in [1.165, 1.54) is 7.11 Å². The molecule has 3 heterocycles. The van der Waals surface area contributed by atoms with E-state index in [4.69, 9.17) is 9.47 Å². The third kappa shape index (κ3) is 2.91. The number of hydrogen-bond acceptors (Lipinski definition) is 6. The van der Waals surface area contributed by atoms with E-state index in [-0.39, 0.29) is 17.9 Å². The largest absolute Gasteiger partial charge is 0.380 e. The van der Waals surface area contributed by atoms with Crippen LogP contribution < -0.4 is 10.2 Å². The van der Waals surface area contributed by atoms with Crippen molar-refractivity contribution in [2.75, 3.05) is 51.5 Å². The summed E-state index contributed by atoms with van der Waals surface area (Å²) in [6, 6.07) is 3.97. The summed E-state index contributed by atoms with van der Waals surface area (Å²) in [4.78, 5) is 13.9. The van der Waals surface area contributed by atoms with Crippen molar-refractivity contribution in [2.24, 2.45) is 11.3 Å². The topological polar surface area (TPSA) is 76.6 Å². The normalized spacial score (nSPS) is 27.0. The molecule has 1 N–H and O–H groups in total. The van der Waals surface area contributed by atoms with Gasteiger partial charge in [0.25, 0.3) is 0 Å². The van der Waals surface area contributed by atoms with E-state index in [1.807, 2.05) is 19.1 Å². The highest BCUT2D eigenvalue weighted by atomic mass is 16.5. The molecule has 0 aliphatic carbocycles. The Morgan fingerprint density at radius 1 is 1.55 bits per heavy atom. The van der Waals surface area contributed by atoms with Crippen molar-refractivity contribution < 1.29 is 14.3 Å². The molecule has 1 amide bonds. The van der Waals surface area contributed by atoms with Gasteiger partial charge < -0.3 is 19.7 Å². The lowest BCUT2D eigenvalue weighted by Gasteiger charge is -2.27. The van der Waals surface area contributed by atoms with Crippen molar-refractivity contribution in [2.45, 2.75) is 6.92 Å². The van der Waals surface area contributed by atoms with E-state index in [1.54, 1.807) is 0 Å². The summed E-state index contributed by atoms with van der Waals surface area (Å²) in [5, 5.41) is 11.4. The van der Waals surface area contributed by atoms with Crippen molar-refractivity contribution >= 4 is 11.7 Å². The number of hydrogen-bond donors (Lipinski definition) is 1. The highest BCUT2D eigenvalue weighted by Crippen LogP contribution is 2.41. The quantitative estimate of drug-likeness (QED) is 0.825. The van der Waals surface area contributed by atoms with Gasteiger partial charge >= 0.3 is 0 Å². The van der Waals surface area contributed by atoms with E-state index < -0.39 is 0 Å². The van der Waals surface area contributed by atoms with E-state index in [0.717, 1.165) is 31.2 Å². The highest BCUT2D eigenvalue weighted by Gasteiger charge is 2.51. The Kier molecular flexibility index (Phi) is 4.26. The van der Waals surface area contributed by atoms with Gasteiger partial charge in [-0.1, -0.05) is 0 Å². The zero-order chi connectivity index (χ0) is 15.6. The van der Waals surface area contributed by atoms with Crippen LogP contribution in [0.3, 0.4) is 0 Å². The fourth-order valence-electron chi connectivity index (χ4n) is 3.27. The third-order valence-electron chi connectivity index (χ3n) is 4.54. The van der Waals surface area contributed by atoms with Crippen LogP contribution in [0.2, 0.25) is 0 Å². The second-order valence-corrected chi connectivity index (χ2v) is 6.20. The minimum atomic E-state index is -0.0869. The van der Waals surface area contributed by atoms with E-state index in [0.29, 0.717) is 19.1 Å². The van der Waals surface area contributed by atoms with Crippen LogP contribution in [0.1, 0.15) is 5.69 Å². The molecule has 0 saturated carbocycles. The average molecular weight is 306 g/mol. The molecule has 0 bridgehead atoms. The Bertz CT molecular complexity index is 536. The second-order valence-electron chi connectivity index (χ2n) is 6.20. The summed E-state index contributed by atoms with van der Waals surface area (Å²) in [6.07, 6.45) is 0. The smallest absolute Gasteiger partial charge is 0.246 e. The van der Waals surface area contributed by atoms with Gasteiger partial charge in [-0.05, 0) is 19.1 Å². The molecule has 120 valence electrons. The number of aromatic nitrogens is 2. The summed E-state index contributed by atoms with van der Waals surface area (Å²) in [6.45, 7) is 5.73. The SMILES string of the molecule is COCC(=O)NC[C@]12COC[C@H]1CN(c1ccc(C)nn1)C2. The van der Waals surface area contributed by atoms with E-state index in [9.17, 15) is 4.79 Å². The number of aryl methyl sites for hydroxylation is 1. The van der Waals surface area contributed by atoms with Crippen LogP contribution in [0.25, 0.3) is 0 Å². The molecule has 3 rings (SSSR count). The van der Waals surface area contributed by atoms with Crippen LogP contribution in [-0.2, 0) is 14.3 Å². The van der Waals surface area contributed by atoms with Crippen LogP contribution in [0, 0.1) is 18.3 Å². The molecule has 7 heteroatoms. The lowest BCUT2D eigenvalue weighted by molar-refractivity contribution is -0.125. The van der Waals surface area contributed by atoms with Gasteiger partial charge in [0, 0.05) is 38.1 Å². The molecule has 0 aromatic carbocycles. The Morgan fingerprint density at radius 3 is 3.14 bits per heavy atom. The number of anilines is 1. The monoisotopic (exact) mass is 306 g/mol. The molecule has 0 unspecified atom stereocenters. The maximum absolute atomic E-state index is 11.7. The van der Waals surface area contributed by atoms with Crippen molar-refractivity contribution in [3.8, 4) is 0 Å². The molecule has 0 spiro atoms. The van der Waals surface area contributed by atoms with Gasteiger partial charge in [0.1, 0.15) is 6.61 Å². The number of ether oxygens (including phenoxy) is 2. The number of methoxy groups -OCH3 is 1. The summed E-state index contributed by atoms with van der Waals surface area (Å²) < 4.78 is 10.5. The zero-order valence-corrected chi connectivity index (χ0v) is 13.0. The van der Waals surface area contributed by atoms with Gasteiger partial charge in [0.15, 0.2) is 5.82 Å². The van der Waals surface area contributed by atoms with Gasteiger partial charge in [0.2, 0.25) is 5.91 Å². The maximum atomic E-state index is 11.7. The fraction of sp³-hybridized carbons (Fsp3) is 0.667. The Balaban J connectivity index is 1.68. The Labute approximate surface area is 130 Å². The molecule has 2 atom stereocenters. The molecular weight excluding hydrogens is 284 g/mol. The van der Waals surface area contributed by atoms with Crippen LogP contribution in [0.15, 0.2) is 12.1 Å². The highest BCUT2D eigenvalue weighted by molar-refractivity contribution is 5.77. The number of fused-ring (bicyclic) bond motifs is 1. The summed E-state index contributed by atoms with van der Waals surface area (Å²) in [7, 11) is 1.52. The summed E-state index contributed by atoms with van der Waals surface area (Å²) in [5.74, 6) is 1.21. The zero-order valence-electron chi connectivity index (χ0n) is 13.0. The Morgan fingerprint density at radius 2 is 2.41 bits per heavy atom. The molecule has 1 aromatic rings. The second kappa shape index (κ2) is 6.18. The molecule has 2 aliphatic heterocycles. The lowest BCUT2D eigenvalue weighted by Crippen LogP contribution is -2.44. The molecule has 7 nitrogen and oxygen atoms in total. The van der Waals surface area contributed by atoms with E-state index >= 15 is 0 Å². The number of carbonyl (C=O) groups excluding carboxylic acids is 1.